The van der Waals surface area contributed by atoms with Gasteiger partial charge in [-0.1, -0.05) is 37.6 Å². The summed E-state index contributed by atoms with van der Waals surface area (Å²) in [7, 11) is 0. The average molecular weight is 331 g/mol. The van der Waals surface area contributed by atoms with Crippen LogP contribution in [-0.4, -0.2) is 40.3 Å². The van der Waals surface area contributed by atoms with Gasteiger partial charge in [0.2, 0.25) is 5.91 Å². The molecular formula is C19H25NO4. The summed E-state index contributed by atoms with van der Waals surface area (Å²) in [5, 5.41) is 9.11. The molecule has 1 unspecified atom stereocenters. The van der Waals surface area contributed by atoms with Crippen LogP contribution < -0.4 is 0 Å². The molecule has 0 spiro atoms. The van der Waals surface area contributed by atoms with Gasteiger partial charge in [-0.05, 0) is 31.2 Å². The summed E-state index contributed by atoms with van der Waals surface area (Å²) in [6.07, 6.45) is 4.66. The van der Waals surface area contributed by atoms with Crippen LogP contribution in [0.25, 0.3) is 0 Å². The van der Waals surface area contributed by atoms with E-state index in [0.717, 1.165) is 19.3 Å². The molecule has 1 atom stereocenters. The van der Waals surface area contributed by atoms with Gasteiger partial charge in [0.15, 0.2) is 5.78 Å². The van der Waals surface area contributed by atoms with Gasteiger partial charge < -0.3 is 10.0 Å². The van der Waals surface area contributed by atoms with Gasteiger partial charge in [0, 0.05) is 24.9 Å². The zero-order chi connectivity index (χ0) is 17.5. The number of ketones is 1. The van der Waals surface area contributed by atoms with Crippen molar-refractivity contribution >= 4 is 17.7 Å². The highest BCUT2D eigenvalue weighted by atomic mass is 16.4. The Balaban J connectivity index is 1.86. The minimum absolute atomic E-state index is 0.0696. The number of Topliss-reactive ketones (excluding diaryl/α,β-unsaturated/α-hetero) is 1. The van der Waals surface area contributed by atoms with Crippen LogP contribution in [-0.2, 0) is 16.0 Å². The number of likely N-dealkylation sites (tertiary alicyclic amines) is 1. The highest BCUT2D eigenvalue weighted by Crippen LogP contribution is 2.19. The molecule has 1 aliphatic heterocycles. The highest BCUT2D eigenvalue weighted by Gasteiger charge is 2.33. The minimum atomic E-state index is -0.963. The van der Waals surface area contributed by atoms with E-state index < -0.39 is 12.0 Å². The lowest BCUT2D eigenvalue weighted by atomic mass is 10.0. The van der Waals surface area contributed by atoms with Crippen LogP contribution in [0.3, 0.4) is 0 Å². The van der Waals surface area contributed by atoms with Crippen molar-refractivity contribution < 1.29 is 19.5 Å². The number of hydrogen-bond donors (Lipinski definition) is 1. The normalized spacial score (nSPS) is 17.0. The second kappa shape index (κ2) is 8.62. The first-order chi connectivity index (χ1) is 11.5. The van der Waals surface area contributed by atoms with Gasteiger partial charge in [-0.25, -0.2) is 4.79 Å². The molecule has 130 valence electrons. The number of benzene rings is 1. The Kier molecular flexibility index (Phi) is 6.53. The lowest BCUT2D eigenvalue weighted by molar-refractivity contribution is -0.148. The Labute approximate surface area is 142 Å². The van der Waals surface area contributed by atoms with Crippen LogP contribution in [0.15, 0.2) is 24.3 Å². The number of aliphatic carboxylic acids is 1. The Morgan fingerprint density at radius 2 is 1.88 bits per heavy atom. The molecule has 0 bridgehead atoms. The third kappa shape index (κ3) is 4.66. The van der Waals surface area contributed by atoms with Crippen molar-refractivity contribution in [1.82, 2.24) is 4.90 Å². The fraction of sp³-hybridized carbons (Fsp3) is 0.526. The van der Waals surface area contributed by atoms with E-state index >= 15 is 0 Å². The molecule has 1 saturated heterocycles. The Hall–Kier alpha value is -2.17. The van der Waals surface area contributed by atoms with Gasteiger partial charge in [0.1, 0.15) is 6.04 Å². The van der Waals surface area contributed by atoms with Gasteiger partial charge in [0.25, 0.3) is 0 Å². The summed E-state index contributed by atoms with van der Waals surface area (Å²) in [5.74, 6) is -1.28. The van der Waals surface area contributed by atoms with Crippen LogP contribution in [0.5, 0.6) is 0 Å². The van der Waals surface area contributed by atoms with E-state index in [9.17, 15) is 14.4 Å². The maximum Gasteiger partial charge on any atom is 0.326 e. The van der Waals surface area contributed by atoms with Crippen LogP contribution in [0.1, 0.15) is 61.4 Å². The molecule has 24 heavy (non-hydrogen) atoms. The summed E-state index contributed by atoms with van der Waals surface area (Å²) in [5.41, 5.74) is 1.82. The van der Waals surface area contributed by atoms with E-state index in [1.54, 1.807) is 0 Å². The quantitative estimate of drug-likeness (QED) is 0.743. The smallest absolute Gasteiger partial charge is 0.326 e. The number of carboxylic acid groups (broad SMARTS) is 1. The van der Waals surface area contributed by atoms with Crippen molar-refractivity contribution in [3.63, 3.8) is 0 Å². The van der Waals surface area contributed by atoms with E-state index in [4.69, 9.17) is 5.11 Å². The van der Waals surface area contributed by atoms with Crippen molar-refractivity contribution in [2.75, 3.05) is 6.54 Å². The molecule has 0 saturated carbocycles. The number of amides is 1. The van der Waals surface area contributed by atoms with E-state index in [1.807, 2.05) is 24.3 Å². The number of carboxylic acids is 1. The SMILES string of the molecule is CCCCc1ccc(C(=O)CCC(=O)N2CCCC2C(=O)O)cc1. The Bertz CT molecular complexity index is 594. The fourth-order valence-electron chi connectivity index (χ4n) is 3.07. The van der Waals surface area contributed by atoms with Crippen molar-refractivity contribution in [3.8, 4) is 0 Å². The molecule has 5 nitrogen and oxygen atoms in total. The molecule has 5 heteroatoms. The van der Waals surface area contributed by atoms with E-state index in [-0.39, 0.29) is 24.5 Å². The molecule has 1 heterocycles. The molecule has 1 N–H and O–H groups in total. The number of carbonyl (C=O) groups excluding carboxylic acids is 2. The van der Waals surface area contributed by atoms with Crippen molar-refractivity contribution in [2.24, 2.45) is 0 Å². The molecular weight excluding hydrogens is 306 g/mol. The summed E-state index contributed by atoms with van der Waals surface area (Å²) < 4.78 is 0. The van der Waals surface area contributed by atoms with Crippen molar-refractivity contribution in [2.45, 2.75) is 57.9 Å². The fourth-order valence-corrected chi connectivity index (χ4v) is 3.07. The predicted octanol–water partition coefficient (Wildman–Crippen LogP) is 3.07. The van der Waals surface area contributed by atoms with Gasteiger partial charge in [-0.15, -0.1) is 0 Å². The molecule has 1 aromatic rings. The summed E-state index contributed by atoms with van der Waals surface area (Å²) in [4.78, 5) is 36.9. The van der Waals surface area contributed by atoms with Crippen LogP contribution in [0.4, 0.5) is 0 Å². The maximum atomic E-state index is 12.2. The van der Waals surface area contributed by atoms with Crippen LogP contribution >= 0.6 is 0 Å². The van der Waals surface area contributed by atoms with Crippen molar-refractivity contribution in [3.05, 3.63) is 35.4 Å². The third-order valence-corrected chi connectivity index (χ3v) is 4.52. The van der Waals surface area contributed by atoms with Gasteiger partial charge in [-0.3, -0.25) is 9.59 Å². The Morgan fingerprint density at radius 3 is 2.50 bits per heavy atom. The molecule has 0 radical (unpaired) electrons. The maximum absolute atomic E-state index is 12.2. The summed E-state index contributed by atoms with van der Waals surface area (Å²) in [6.45, 7) is 2.61. The topological polar surface area (TPSA) is 74.7 Å². The molecule has 0 aliphatic carbocycles. The minimum Gasteiger partial charge on any atom is -0.480 e. The monoisotopic (exact) mass is 331 g/mol. The highest BCUT2D eigenvalue weighted by molar-refractivity contribution is 5.98. The van der Waals surface area contributed by atoms with E-state index in [0.29, 0.717) is 24.9 Å². The van der Waals surface area contributed by atoms with Crippen molar-refractivity contribution in [1.29, 1.82) is 0 Å². The lowest BCUT2D eigenvalue weighted by Crippen LogP contribution is -2.40. The first-order valence-electron chi connectivity index (χ1n) is 8.67. The largest absolute Gasteiger partial charge is 0.480 e. The van der Waals surface area contributed by atoms with E-state index in [1.165, 1.54) is 10.5 Å². The van der Waals surface area contributed by atoms with Crippen LogP contribution in [0.2, 0.25) is 0 Å². The summed E-state index contributed by atoms with van der Waals surface area (Å²) >= 11 is 0. The number of nitrogens with zero attached hydrogens (tertiary/aromatic N) is 1. The van der Waals surface area contributed by atoms with Gasteiger partial charge in [0.05, 0.1) is 0 Å². The number of rotatable bonds is 8. The second-order valence-electron chi connectivity index (χ2n) is 6.31. The van der Waals surface area contributed by atoms with Gasteiger partial charge in [-0.2, -0.15) is 0 Å². The second-order valence-corrected chi connectivity index (χ2v) is 6.31. The molecule has 1 amide bonds. The number of hydrogen-bond acceptors (Lipinski definition) is 3. The number of aryl methyl sites for hydroxylation is 1. The molecule has 2 rings (SSSR count). The zero-order valence-corrected chi connectivity index (χ0v) is 14.2. The number of unbranched alkanes of at least 4 members (excludes halogenated alkanes) is 1. The third-order valence-electron chi connectivity index (χ3n) is 4.52. The molecule has 1 aromatic carbocycles. The first-order valence-corrected chi connectivity index (χ1v) is 8.67. The summed E-state index contributed by atoms with van der Waals surface area (Å²) in [6, 6.07) is 6.82. The Morgan fingerprint density at radius 1 is 1.17 bits per heavy atom. The van der Waals surface area contributed by atoms with Gasteiger partial charge >= 0.3 is 5.97 Å². The standard InChI is InChI=1S/C19H25NO4/c1-2-3-5-14-7-9-15(10-8-14)17(21)11-12-18(22)20-13-4-6-16(20)19(23)24/h7-10,16H,2-6,11-13H2,1H3,(H,23,24). The zero-order valence-electron chi connectivity index (χ0n) is 14.2. The number of carbonyl (C=O) groups is 3. The average Bonchev–Trinajstić information content (AvgIpc) is 3.08. The predicted molar refractivity (Wildman–Crippen MR) is 91.0 cm³/mol. The van der Waals surface area contributed by atoms with E-state index in [2.05, 4.69) is 6.92 Å². The first kappa shape index (κ1) is 18.2. The molecule has 1 aliphatic rings. The molecule has 0 aromatic heterocycles. The molecule has 1 fully saturated rings. The van der Waals surface area contributed by atoms with Crippen LogP contribution in [0, 0.1) is 0 Å². The lowest BCUT2D eigenvalue weighted by Gasteiger charge is -2.21.